The minimum Gasteiger partial charge on any atom is -0.369 e. The van der Waals surface area contributed by atoms with Gasteiger partial charge in [0.25, 0.3) is 5.91 Å². The molecule has 0 spiro atoms. The number of halogens is 1. The van der Waals surface area contributed by atoms with Crippen LogP contribution in [0.15, 0.2) is 51.9 Å². The van der Waals surface area contributed by atoms with Crippen molar-refractivity contribution in [1.29, 1.82) is 0 Å². The van der Waals surface area contributed by atoms with Gasteiger partial charge in [-0.15, -0.1) is 0 Å². The van der Waals surface area contributed by atoms with Crippen LogP contribution >= 0.6 is 15.9 Å². The third-order valence-corrected chi connectivity index (χ3v) is 5.74. The van der Waals surface area contributed by atoms with E-state index in [1.54, 1.807) is 7.05 Å². The number of benzene rings is 2. The van der Waals surface area contributed by atoms with Crippen molar-refractivity contribution in [2.45, 2.75) is 31.2 Å². The van der Waals surface area contributed by atoms with Gasteiger partial charge in [-0.25, -0.2) is 4.99 Å². The summed E-state index contributed by atoms with van der Waals surface area (Å²) in [6.07, 6.45) is 4.59. The Labute approximate surface area is 155 Å². The number of rotatable bonds is 2. The number of hydrogen-bond donors (Lipinski definition) is 1. The molecule has 1 atom stereocenters. The largest absolute Gasteiger partial charge is 0.369 e. The molecular formula is C20H20BrN3O. The Kier molecular flexibility index (Phi) is 3.91. The molecule has 0 aromatic heterocycles. The van der Waals surface area contributed by atoms with Crippen LogP contribution in [0.5, 0.6) is 0 Å². The standard InChI is InChI=1S/C20H20BrN3O/c1-24-18(25)20(23-19(24)22,15-7-4-8-17(21)12-15)16-10-9-13-5-2-3-6-14(13)11-16/h4,7-12H,2-3,5-6H2,1H3,(H2,22,23)/t20-/m1/s1. The lowest BCUT2D eigenvalue weighted by Gasteiger charge is -2.28. The highest BCUT2D eigenvalue weighted by molar-refractivity contribution is 9.10. The highest BCUT2D eigenvalue weighted by atomic mass is 79.9. The molecule has 1 heterocycles. The summed E-state index contributed by atoms with van der Waals surface area (Å²) in [5, 5.41) is 0. The van der Waals surface area contributed by atoms with E-state index in [0.717, 1.165) is 28.4 Å². The normalized spacial score (nSPS) is 22.7. The van der Waals surface area contributed by atoms with E-state index >= 15 is 0 Å². The van der Waals surface area contributed by atoms with Crippen LogP contribution in [0.2, 0.25) is 0 Å². The molecule has 0 saturated carbocycles. The number of hydrogen-bond acceptors (Lipinski definition) is 3. The fraction of sp³-hybridized carbons (Fsp3) is 0.300. The molecule has 1 aliphatic carbocycles. The van der Waals surface area contributed by atoms with E-state index < -0.39 is 5.54 Å². The molecular weight excluding hydrogens is 378 g/mol. The second-order valence-corrected chi connectivity index (χ2v) is 7.66. The van der Waals surface area contributed by atoms with Crippen LogP contribution in [0.4, 0.5) is 0 Å². The molecule has 2 aromatic carbocycles. The molecule has 0 bridgehead atoms. The molecule has 2 N–H and O–H groups in total. The first kappa shape index (κ1) is 16.3. The van der Waals surface area contributed by atoms with Crippen LogP contribution < -0.4 is 5.73 Å². The molecule has 2 aromatic rings. The SMILES string of the molecule is CN1C(=O)[C@@](c2cccc(Br)c2)(c2ccc3c(c2)CCCC3)N=C1N. The van der Waals surface area contributed by atoms with E-state index in [4.69, 9.17) is 5.73 Å². The molecule has 0 unspecified atom stereocenters. The molecule has 1 aliphatic heterocycles. The van der Waals surface area contributed by atoms with Crippen molar-refractivity contribution in [3.63, 3.8) is 0 Å². The quantitative estimate of drug-likeness (QED) is 0.844. The van der Waals surface area contributed by atoms with E-state index in [1.807, 2.05) is 30.3 Å². The Bertz CT molecular complexity index is 892. The summed E-state index contributed by atoms with van der Waals surface area (Å²) in [4.78, 5) is 19.3. The van der Waals surface area contributed by atoms with E-state index in [9.17, 15) is 4.79 Å². The first-order chi connectivity index (χ1) is 12.0. The van der Waals surface area contributed by atoms with Crippen LogP contribution in [-0.2, 0) is 23.2 Å². The zero-order valence-electron chi connectivity index (χ0n) is 14.1. The second kappa shape index (κ2) is 5.99. The molecule has 1 amide bonds. The van der Waals surface area contributed by atoms with Gasteiger partial charge in [-0.2, -0.15) is 0 Å². The summed E-state index contributed by atoms with van der Waals surface area (Å²) in [6.45, 7) is 0. The third kappa shape index (κ3) is 2.49. The summed E-state index contributed by atoms with van der Waals surface area (Å²) < 4.78 is 0.915. The van der Waals surface area contributed by atoms with Crippen molar-refractivity contribution in [3.8, 4) is 0 Å². The first-order valence-corrected chi connectivity index (χ1v) is 9.33. The van der Waals surface area contributed by atoms with Crippen LogP contribution in [0.1, 0.15) is 35.1 Å². The Morgan fingerprint density at radius 2 is 1.80 bits per heavy atom. The zero-order chi connectivity index (χ0) is 17.6. The number of likely N-dealkylation sites (N-methyl/N-ethyl adjacent to an activating group) is 1. The molecule has 0 saturated heterocycles. The van der Waals surface area contributed by atoms with Crippen molar-refractivity contribution in [1.82, 2.24) is 4.90 Å². The number of carbonyl (C=O) groups is 1. The van der Waals surface area contributed by atoms with E-state index in [0.29, 0.717) is 0 Å². The lowest BCUT2D eigenvalue weighted by molar-refractivity contribution is -0.129. The van der Waals surface area contributed by atoms with Crippen LogP contribution in [0, 0.1) is 0 Å². The average Bonchev–Trinajstić information content (AvgIpc) is 2.86. The highest BCUT2D eigenvalue weighted by Crippen LogP contribution is 2.41. The molecule has 0 radical (unpaired) electrons. The van der Waals surface area contributed by atoms with Crippen LogP contribution in [0.25, 0.3) is 0 Å². The topological polar surface area (TPSA) is 58.7 Å². The van der Waals surface area contributed by atoms with Gasteiger partial charge in [-0.3, -0.25) is 9.69 Å². The number of carbonyl (C=O) groups excluding carboxylic acids is 1. The summed E-state index contributed by atoms with van der Waals surface area (Å²) in [5.41, 5.74) is 9.37. The van der Waals surface area contributed by atoms with Gasteiger partial charge in [-0.1, -0.05) is 46.3 Å². The number of amides is 1. The van der Waals surface area contributed by atoms with Crippen molar-refractivity contribution < 1.29 is 4.79 Å². The second-order valence-electron chi connectivity index (χ2n) is 6.75. The summed E-state index contributed by atoms with van der Waals surface area (Å²) >= 11 is 3.51. The molecule has 25 heavy (non-hydrogen) atoms. The van der Waals surface area contributed by atoms with Crippen LogP contribution in [-0.4, -0.2) is 23.8 Å². The lowest BCUT2D eigenvalue weighted by Crippen LogP contribution is -2.41. The lowest BCUT2D eigenvalue weighted by atomic mass is 9.80. The molecule has 2 aliphatic rings. The van der Waals surface area contributed by atoms with Gasteiger partial charge in [0.15, 0.2) is 11.5 Å². The number of guanidine groups is 1. The van der Waals surface area contributed by atoms with Gasteiger partial charge in [0.05, 0.1) is 0 Å². The van der Waals surface area contributed by atoms with Gasteiger partial charge in [0, 0.05) is 11.5 Å². The Hall–Kier alpha value is -2.14. The van der Waals surface area contributed by atoms with E-state index in [2.05, 4.69) is 33.1 Å². The maximum absolute atomic E-state index is 13.2. The monoisotopic (exact) mass is 397 g/mol. The van der Waals surface area contributed by atoms with Gasteiger partial charge < -0.3 is 5.73 Å². The molecule has 4 rings (SSSR count). The number of nitrogens with zero attached hydrogens (tertiary/aromatic N) is 2. The van der Waals surface area contributed by atoms with E-state index in [1.165, 1.54) is 28.9 Å². The van der Waals surface area contributed by atoms with E-state index in [-0.39, 0.29) is 11.9 Å². The summed E-state index contributed by atoms with van der Waals surface area (Å²) in [6, 6.07) is 14.1. The Balaban J connectivity index is 1.95. The Morgan fingerprint density at radius 1 is 1.08 bits per heavy atom. The average molecular weight is 398 g/mol. The maximum Gasteiger partial charge on any atom is 0.266 e. The smallest absolute Gasteiger partial charge is 0.266 e. The molecule has 5 heteroatoms. The summed E-state index contributed by atoms with van der Waals surface area (Å²) in [7, 11) is 1.68. The Morgan fingerprint density at radius 3 is 2.48 bits per heavy atom. The van der Waals surface area contributed by atoms with Gasteiger partial charge in [0.2, 0.25) is 0 Å². The predicted molar refractivity (Wildman–Crippen MR) is 102 cm³/mol. The van der Waals surface area contributed by atoms with Crippen molar-refractivity contribution in [3.05, 3.63) is 69.2 Å². The van der Waals surface area contributed by atoms with Gasteiger partial charge in [0.1, 0.15) is 0 Å². The predicted octanol–water partition coefficient (Wildman–Crippen LogP) is 3.36. The fourth-order valence-corrected chi connectivity index (χ4v) is 4.26. The maximum atomic E-state index is 13.2. The van der Waals surface area contributed by atoms with Crippen molar-refractivity contribution in [2.75, 3.05) is 7.05 Å². The summed E-state index contributed by atoms with van der Waals surface area (Å²) in [5.74, 6) is 0.140. The fourth-order valence-electron chi connectivity index (χ4n) is 3.86. The molecule has 4 nitrogen and oxygen atoms in total. The minimum atomic E-state index is -1.10. The van der Waals surface area contributed by atoms with Crippen LogP contribution in [0.3, 0.4) is 0 Å². The third-order valence-electron chi connectivity index (χ3n) is 5.25. The number of nitrogens with two attached hydrogens (primary N) is 1. The number of aliphatic imine (C=N–C) groups is 1. The van der Waals surface area contributed by atoms with Gasteiger partial charge >= 0.3 is 0 Å². The minimum absolute atomic E-state index is 0.112. The zero-order valence-corrected chi connectivity index (χ0v) is 15.7. The first-order valence-electron chi connectivity index (χ1n) is 8.54. The number of fused-ring (bicyclic) bond motifs is 1. The molecule has 0 fully saturated rings. The molecule has 128 valence electrons. The highest BCUT2D eigenvalue weighted by Gasteiger charge is 2.49. The van der Waals surface area contributed by atoms with Crippen molar-refractivity contribution >= 4 is 27.8 Å². The van der Waals surface area contributed by atoms with Crippen molar-refractivity contribution in [2.24, 2.45) is 10.7 Å². The van der Waals surface area contributed by atoms with Gasteiger partial charge in [-0.05, 0) is 60.1 Å². The number of aryl methyl sites for hydroxylation is 2.